The molecule has 3 heteroatoms. The fraction of sp³-hybridized carbons (Fsp3) is 0.0500. The molecule has 0 atom stereocenters. The van der Waals surface area contributed by atoms with Crippen LogP contribution in [0.2, 0.25) is 0 Å². The highest BCUT2D eigenvalue weighted by atomic mass is 15.0. The van der Waals surface area contributed by atoms with Crippen molar-refractivity contribution in [3.63, 3.8) is 0 Å². The lowest BCUT2D eigenvalue weighted by Gasteiger charge is -2.07. The van der Waals surface area contributed by atoms with Crippen molar-refractivity contribution in [3.05, 3.63) is 103 Å². The third kappa shape index (κ3) is 4.85. The van der Waals surface area contributed by atoms with E-state index >= 15 is 0 Å². The minimum Gasteiger partial charge on any atom is -0.311 e. The van der Waals surface area contributed by atoms with Gasteiger partial charge in [0.25, 0.3) is 0 Å². The molecule has 3 aromatic rings. The van der Waals surface area contributed by atoms with Crippen LogP contribution in [0.4, 0.5) is 0 Å². The highest BCUT2D eigenvalue weighted by molar-refractivity contribution is 6.21. The molecule has 2 radical (unpaired) electrons. The number of allylic oxidation sites excluding steroid dienone is 1. The summed E-state index contributed by atoms with van der Waals surface area (Å²) in [7, 11) is 5.67. The summed E-state index contributed by atoms with van der Waals surface area (Å²) < 4.78 is 1.86. The first-order valence-corrected chi connectivity index (χ1v) is 7.39. The molecule has 112 valence electrons. The number of hydrogen-bond donors (Lipinski definition) is 0. The van der Waals surface area contributed by atoms with Crippen LogP contribution in [0.1, 0.15) is 18.1 Å². The van der Waals surface area contributed by atoms with Crippen molar-refractivity contribution < 1.29 is 0 Å². The van der Waals surface area contributed by atoms with Crippen molar-refractivity contribution in [1.82, 2.24) is 9.55 Å². The lowest BCUT2D eigenvalue weighted by atomic mass is 9.92. The first-order valence-electron chi connectivity index (χ1n) is 7.39. The van der Waals surface area contributed by atoms with Crippen LogP contribution in [0.3, 0.4) is 0 Å². The molecule has 2 aromatic carbocycles. The summed E-state index contributed by atoms with van der Waals surface area (Å²) in [5.41, 5.74) is 4.34. The molecular formula is C20H19BN2. The van der Waals surface area contributed by atoms with Crippen molar-refractivity contribution in [1.29, 1.82) is 0 Å². The van der Waals surface area contributed by atoms with Crippen molar-refractivity contribution in [3.8, 4) is 0 Å². The molecule has 1 heterocycles. The zero-order valence-corrected chi connectivity index (χ0v) is 13.3. The Labute approximate surface area is 139 Å². The van der Waals surface area contributed by atoms with E-state index in [2.05, 4.69) is 35.8 Å². The van der Waals surface area contributed by atoms with E-state index < -0.39 is 0 Å². The molecule has 0 unspecified atom stereocenters. The lowest BCUT2D eigenvalue weighted by Crippen LogP contribution is -1.87. The summed E-state index contributed by atoms with van der Waals surface area (Å²) in [5, 5.41) is 0. The Morgan fingerprint density at radius 1 is 1.00 bits per heavy atom. The van der Waals surface area contributed by atoms with Crippen molar-refractivity contribution >= 4 is 19.1 Å². The Morgan fingerprint density at radius 2 is 1.52 bits per heavy atom. The van der Waals surface area contributed by atoms with Gasteiger partial charge in [0, 0.05) is 18.1 Å². The molecule has 0 aliphatic carbocycles. The summed E-state index contributed by atoms with van der Waals surface area (Å²) in [6.45, 7) is 5.65. The van der Waals surface area contributed by atoms with E-state index in [1.807, 2.05) is 54.1 Å². The van der Waals surface area contributed by atoms with Gasteiger partial charge in [0.2, 0.25) is 0 Å². The van der Waals surface area contributed by atoms with Crippen LogP contribution in [-0.2, 0) is 0 Å². The highest BCUT2D eigenvalue weighted by Gasteiger charge is 2.01. The molecule has 0 spiro atoms. The third-order valence-corrected chi connectivity index (χ3v) is 3.28. The van der Waals surface area contributed by atoms with Crippen LogP contribution in [0.25, 0.3) is 11.3 Å². The van der Waals surface area contributed by atoms with Gasteiger partial charge in [-0.05, 0) is 23.6 Å². The van der Waals surface area contributed by atoms with Gasteiger partial charge in [-0.15, -0.1) is 5.98 Å². The van der Waals surface area contributed by atoms with Crippen molar-refractivity contribution in [2.75, 3.05) is 0 Å². The van der Waals surface area contributed by atoms with Crippen molar-refractivity contribution in [2.24, 2.45) is 0 Å². The number of imidazole rings is 1. The van der Waals surface area contributed by atoms with Gasteiger partial charge in [-0.3, -0.25) is 0 Å². The van der Waals surface area contributed by atoms with Gasteiger partial charge in [0.05, 0.1) is 6.33 Å². The predicted octanol–water partition coefficient (Wildman–Crippen LogP) is 4.62. The number of benzene rings is 2. The van der Waals surface area contributed by atoms with E-state index in [4.69, 9.17) is 7.85 Å². The number of nitrogens with zero attached hydrogens (tertiary/aromatic N) is 2. The molecule has 0 aliphatic rings. The maximum Gasteiger partial charge on any atom is 0.103 e. The summed E-state index contributed by atoms with van der Waals surface area (Å²) in [5.74, 6) is 1.66. The van der Waals surface area contributed by atoms with E-state index in [0.717, 1.165) is 22.4 Å². The minimum atomic E-state index is 0.988. The van der Waals surface area contributed by atoms with Crippen LogP contribution in [0, 0.1) is 0 Å². The fourth-order valence-electron chi connectivity index (χ4n) is 2.08. The summed E-state index contributed by atoms with van der Waals surface area (Å²) >= 11 is 0. The van der Waals surface area contributed by atoms with E-state index in [-0.39, 0.29) is 0 Å². The highest BCUT2D eigenvalue weighted by Crippen LogP contribution is 2.21. The minimum absolute atomic E-state index is 0.988. The maximum absolute atomic E-state index is 5.67. The largest absolute Gasteiger partial charge is 0.311 e. The topological polar surface area (TPSA) is 17.8 Å². The molecule has 0 bridgehead atoms. The Balaban J connectivity index is 0.000000203. The lowest BCUT2D eigenvalue weighted by molar-refractivity contribution is 1.08. The van der Waals surface area contributed by atoms with Gasteiger partial charge in [-0.2, -0.15) is 0 Å². The second-order valence-electron chi connectivity index (χ2n) is 5.02. The molecule has 0 saturated heterocycles. The van der Waals surface area contributed by atoms with Gasteiger partial charge in [0.15, 0.2) is 0 Å². The fourth-order valence-corrected chi connectivity index (χ4v) is 2.08. The van der Waals surface area contributed by atoms with Crippen LogP contribution >= 0.6 is 0 Å². The molecule has 3 rings (SSSR count). The molecule has 1 aromatic heterocycles. The van der Waals surface area contributed by atoms with Gasteiger partial charge in [-0.25, -0.2) is 4.98 Å². The third-order valence-electron chi connectivity index (χ3n) is 3.28. The van der Waals surface area contributed by atoms with Gasteiger partial charge in [-0.1, -0.05) is 67.2 Å². The normalized spacial score (nSPS) is 9.43. The smallest absolute Gasteiger partial charge is 0.103 e. The number of hydrogen-bond acceptors (Lipinski definition) is 1. The van der Waals surface area contributed by atoms with Crippen LogP contribution < -0.4 is 0 Å². The zero-order valence-electron chi connectivity index (χ0n) is 13.3. The van der Waals surface area contributed by atoms with E-state index in [1.54, 1.807) is 18.5 Å². The van der Waals surface area contributed by atoms with Crippen LogP contribution in [-0.4, -0.2) is 17.4 Å². The number of rotatable bonds is 3. The van der Waals surface area contributed by atoms with E-state index in [1.165, 1.54) is 0 Å². The van der Waals surface area contributed by atoms with E-state index in [0.29, 0.717) is 0 Å². The molecule has 23 heavy (non-hydrogen) atoms. The quantitative estimate of drug-likeness (QED) is 0.645. The molecule has 2 nitrogen and oxygen atoms in total. The molecular weight excluding hydrogens is 279 g/mol. The average molecular weight is 298 g/mol. The molecule has 0 saturated carbocycles. The summed E-state index contributed by atoms with van der Waals surface area (Å²) in [4.78, 5) is 3.85. The number of aromatic nitrogens is 2. The Kier molecular flexibility index (Phi) is 6.19. The molecule has 0 aliphatic heterocycles. The zero-order chi connectivity index (χ0) is 16.5. The maximum atomic E-state index is 5.67. The van der Waals surface area contributed by atoms with Gasteiger partial charge >= 0.3 is 0 Å². The van der Waals surface area contributed by atoms with Crippen molar-refractivity contribution in [2.45, 2.75) is 6.92 Å². The summed E-state index contributed by atoms with van der Waals surface area (Å²) in [6, 6.07) is 20.3. The first-order chi connectivity index (χ1) is 11.2. The average Bonchev–Trinajstić information content (AvgIpc) is 3.13. The SMILES string of the molecule is C=C(C)n1ccnc1.[B]C=C(c1ccccc1)c1ccccc1. The predicted molar refractivity (Wildman–Crippen MR) is 98.9 cm³/mol. The Bertz CT molecular complexity index is 703. The molecule has 0 amide bonds. The van der Waals surface area contributed by atoms with E-state index in [9.17, 15) is 0 Å². The second kappa shape index (κ2) is 8.59. The first kappa shape index (κ1) is 16.6. The molecule has 0 fully saturated rings. The summed E-state index contributed by atoms with van der Waals surface area (Å²) in [6.07, 6.45) is 5.32. The monoisotopic (exact) mass is 298 g/mol. The Hall–Kier alpha value is -2.81. The Morgan fingerprint density at radius 3 is 1.83 bits per heavy atom. The van der Waals surface area contributed by atoms with Gasteiger partial charge in [0.1, 0.15) is 7.85 Å². The second-order valence-corrected chi connectivity index (χ2v) is 5.02. The molecule has 0 N–H and O–H groups in total. The van der Waals surface area contributed by atoms with Crippen LogP contribution in [0.5, 0.6) is 0 Å². The standard InChI is InChI=1S/C14H11B.C6H8N2/c15-11-14(12-7-3-1-4-8-12)13-9-5-2-6-10-13;1-6(2)8-4-3-7-5-8/h1-11H;3-5H,1H2,2H3. The van der Waals surface area contributed by atoms with Gasteiger partial charge < -0.3 is 4.57 Å². The van der Waals surface area contributed by atoms with Crippen LogP contribution in [0.15, 0.2) is 91.9 Å².